The van der Waals surface area contributed by atoms with Crippen LogP contribution in [0.5, 0.6) is 0 Å². The standard InChI is InChI=1S/C29H32BrN5O3/c30-23-24(29(25(23)36)13-3-1-4-14-29)33-22(28(37)38)17-18-9-11-19(12-10-18)35-26-21(8-6-16-32-26)34-27(35)20-7-2-5-15-31-20/h6,8-12,16,20,22-23,31H,1-5,7,13-15,17H2,(H,37,38)/t20-,22-,23?/m0/s1. The van der Waals surface area contributed by atoms with Gasteiger partial charge < -0.3 is 10.4 Å². The SMILES string of the molecule is O=C(O)[C@H](Cc1ccc(-n2c([C@@H]3CCCCN3)nc3cccnc32)cc1)N=C1C(Br)C(=O)C12CCCCC2. The summed E-state index contributed by atoms with van der Waals surface area (Å²) in [5.41, 5.74) is 3.68. The number of Topliss-reactive ketones (excluding diaryl/α,β-unsaturated/α-hetero) is 1. The van der Waals surface area contributed by atoms with Gasteiger partial charge in [-0.05, 0) is 62.1 Å². The van der Waals surface area contributed by atoms with Crippen LogP contribution in [-0.4, -0.2) is 54.5 Å². The average molecular weight is 579 g/mol. The molecule has 2 saturated carbocycles. The van der Waals surface area contributed by atoms with E-state index in [4.69, 9.17) is 4.98 Å². The Kier molecular flexibility index (Phi) is 6.90. The Morgan fingerprint density at radius 3 is 2.66 bits per heavy atom. The molecule has 2 aliphatic carbocycles. The molecule has 3 atom stereocenters. The largest absolute Gasteiger partial charge is 0.480 e. The van der Waals surface area contributed by atoms with E-state index in [9.17, 15) is 14.7 Å². The minimum atomic E-state index is -0.970. The van der Waals surface area contributed by atoms with Crippen LogP contribution in [0.15, 0.2) is 47.6 Å². The lowest BCUT2D eigenvalue weighted by molar-refractivity contribution is -0.138. The molecule has 1 aromatic carbocycles. The van der Waals surface area contributed by atoms with Crippen LogP contribution in [0.1, 0.15) is 68.8 Å². The van der Waals surface area contributed by atoms with Gasteiger partial charge in [0.25, 0.3) is 0 Å². The number of carboxylic acids is 1. The maximum Gasteiger partial charge on any atom is 0.328 e. The minimum Gasteiger partial charge on any atom is -0.480 e. The second-order valence-corrected chi connectivity index (χ2v) is 11.7. The van der Waals surface area contributed by atoms with Crippen LogP contribution in [0.2, 0.25) is 0 Å². The summed E-state index contributed by atoms with van der Waals surface area (Å²) in [5, 5.41) is 13.6. The van der Waals surface area contributed by atoms with Crippen molar-refractivity contribution in [1.82, 2.24) is 19.9 Å². The number of carboxylic acid groups (broad SMARTS) is 1. The molecule has 3 aliphatic rings. The highest BCUT2D eigenvalue weighted by Crippen LogP contribution is 2.49. The Hall–Kier alpha value is -2.91. The fraction of sp³-hybridized carbons (Fsp3) is 0.483. The number of alkyl halides is 1. The lowest BCUT2D eigenvalue weighted by atomic mass is 9.58. The summed E-state index contributed by atoms with van der Waals surface area (Å²) in [6, 6.07) is 11.1. The molecule has 2 N–H and O–H groups in total. The summed E-state index contributed by atoms with van der Waals surface area (Å²) in [7, 11) is 0. The normalized spacial score (nSPS) is 25.0. The van der Waals surface area contributed by atoms with Crippen LogP contribution < -0.4 is 5.32 Å². The van der Waals surface area contributed by atoms with Crippen molar-refractivity contribution in [1.29, 1.82) is 0 Å². The highest BCUT2D eigenvalue weighted by molar-refractivity contribution is 9.10. The molecule has 198 valence electrons. The van der Waals surface area contributed by atoms with E-state index >= 15 is 0 Å². The molecule has 38 heavy (non-hydrogen) atoms. The van der Waals surface area contributed by atoms with Crippen molar-refractivity contribution in [2.45, 2.75) is 74.7 Å². The molecule has 9 heteroatoms. The van der Waals surface area contributed by atoms with Crippen molar-refractivity contribution < 1.29 is 14.7 Å². The van der Waals surface area contributed by atoms with Gasteiger partial charge in [-0.2, -0.15) is 0 Å². The van der Waals surface area contributed by atoms with Gasteiger partial charge in [0.15, 0.2) is 17.5 Å². The van der Waals surface area contributed by atoms with Gasteiger partial charge in [-0.15, -0.1) is 0 Å². The Labute approximate surface area is 230 Å². The van der Waals surface area contributed by atoms with Gasteiger partial charge in [0.2, 0.25) is 0 Å². The summed E-state index contributed by atoms with van der Waals surface area (Å²) in [6.45, 7) is 0.974. The number of hydrogen-bond donors (Lipinski definition) is 2. The summed E-state index contributed by atoms with van der Waals surface area (Å²) in [5.74, 6) is 0.146. The van der Waals surface area contributed by atoms with Crippen LogP contribution in [0.25, 0.3) is 16.9 Å². The van der Waals surface area contributed by atoms with E-state index in [1.165, 1.54) is 6.42 Å². The van der Waals surface area contributed by atoms with Crippen molar-refractivity contribution >= 4 is 44.6 Å². The molecule has 1 saturated heterocycles. The molecule has 1 spiro atoms. The number of pyridine rings is 1. The molecule has 8 nitrogen and oxygen atoms in total. The number of aliphatic carboxylic acids is 1. The molecular formula is C29H32BrN5O3. The molecule has 3 aromatic rings. The maximum absolute atomic E-state index is 12.8. The van der Waals surface area contributed by atoms with Gasteiger partial charge in [-0.1, -0.05) is 53.7 Å². The van der Waals surface area contributed by atoms with Gasteiger partial charge in [0.1, 0.15) is 16.2 Å². The van der Waals surface area contributed by atoms with Crippen molar-refractivity contribution in [3.05, 3.63) is 54.0 Å². The predicted octanol–water partition coefficient (Wildman–Crippen LogP) is 4.97. The zero-order chi connectivity index (χ0) is 26.3. The fourth-order valence-electron chi connectivity index (χ4n) is 6.36. The van der Waals surface area contributed by atoms with Crippen LogP contribution in [0, 0.1) is 5.41 Å². The number of aliphatic imine (C=N–C) groups is 1. The predicted molar refractivity (Wildman–Crippen MR) is 149 cm³/mol. The second kappa shape index (κ2) is 10.3. The molecule has 1 unspecified atom stereocenters. The summed E-state index contributed by atoms with van der Waals surface area (Å²) in [6.07, 6.45) is 10.1. The number of rotatable bonds is 6. The molecule has 3 fully saturated rings. The smallest absolute Gasteiger partial charge is 0.328 e. The Bertz CT molecular complexity index is 1390. The van der Waals surface area contributed by atoms with E-state index < -0.39 is 22.3 Å². The number of aromatic nitrogens is 3. The van der Waals surface area contributed by atoms with Crippen molar-refractivity contribution in [2.24, 2.45) is 10.4 Å². The highest BCUT2D eigenvalue weighted by Gasteiger charge is 2.58. The van der Waals surface area contributed by atoms with Gasteiger partial charge in [0, 0.05) is 24.0 Å². The molecule has 3 heterocycles. The number of ketones is 1. The van der Waals surface area contributed by atoms with E-state index in [-0.39, 0.29) is 18.2 Å². The number of fused-ring (bicyclic) bond motifs is 1. The highest BCUT2D eigenvalue weighted by atomic mass is 79.9. The van der Waals surface area contributed by atoms with Gasteiger partial charge in [-0.3, -0.25) is 14.4 Å². The lowest BCUT2D eigenvalue weighted by Crippen LogP contribution is -2.61. The van der Waals surface area contributed by atoms with Crippen LogP contribution in [-0.2, 0) is 16.0 Å². The van der Waals surface area contributed by atoms with Crippen LogP contribution >= 0.6 is 15.9 Å². The zero-order valence-electron chi connectivity index (χ0n) is 21.3. The lowest BCUT2D eigenvalue weighted by Gasteiger charge is -2.47. The third-order valence-electron chi connectivity index (χ3n) is 8.41. The van der Waals surface area contributed by atoms with Crippen LogP contribution in [0.4, 0.5) is 0 Å². The van der Waals surface area contributed by atoms with Gasteiger partial charge in [-0.25, -0.2) is 14.8 Å². The second-order valence-electron chi connectivity index (χ2n) is 10.8. The Balaban J connectivity index is 1.28. The maximum atomic E-state index is 12.8. The minimum absolute atomic E-state index is 0.161. The van der Waals surface area contributed by atoms with E-state index in [0.717, 1.165) is 85.4 Å². The zero-order valence-corrected chi connectivity index (χ0v) is 22.9. The average Bonchev–Trinajstić information content (AvgIpc) is 3.35. The van der Waals surface area contributed by atoms with Crippen LogP contribution in [0.3, 0.4) is 0 Å². The van der Waals surface area contributed by atoms with Gasteiger partial charge in [0.05, 0.1) is 11.5 Å². The van der Waals surface area contributed by atoms with Gasteiger partial charge >= 0.3 is 5.97 Å². The summed E-state index contributed by atoms with van der Waals surface area (Å²) >= 11 is 3.46. The number of carbonyl (C=O) groups is 2. The number of hydrogen-bond acceptors (Lipinski definition) is 6. The molecule has 0 radical (unpaired) electrons. The van der Waals surface area contributed by atoms with Crippen molar-refractivity contribution in [3.8, 4) is 5.69 Å². The molecular weight excluding hydrogens is 546 g/mol. The third-order valence-corrected chi connectivity index (χ3v) is 9.26. The molecule has 0 amide bonds. The first-order valence-corrected chi connectivity index (χ1v) is 14.5. The summed E-state index contributed by atoms with van der Waals surface area (Å²) < 4.78 is 2.11. The number of halogens is 1. The number of nitrogens with one attached hydrogen (secondary N) is 1. The van der Waals surface area contributed by atoms with E-state index in [1.54, 1.807) is 6.20 Å². The first-order chi connectivity index (χ1) is 18.5. The molecule has 0 bridgehead atoms. The van der Waals surface area contributed by atoms with E-state index in [1.807, 2.05) is 36.4 Å². The number of piperidine rings is 1. The number of nitrogens with zero attached hydrogens (tertiary/aromatic N) is 4. The quantitative estimate of drug-likeness (QED) is 0.400. The number of carbonyl (C=O) groups excluding carboxylic acids is 1. The van der Waals surface area contributed by atoms with Crippen molar-refractivity contribution in [2.75, 3.05) is 6.54 Å². The summed E-state index contributed by atoms with van der Waals surface area (Å²) in [4.78, 5) is 38.7. The molecule has 6 rings (SSSR count). The fourth-order valence-corrected chi connectivity index (χ4v) is 7.35. The topological polar surface area (TPSA) is 109 Å². The molecule has 2 aromatic heterocycles. The third kappa shape index (κ3) is 4.39. The monoisotopic (exact) mass is 577 g/mol. The number of imidazole rings is 1. The Morgan fingerprint density at radius 1 is 1.16 bits per heavy atom. The molecule has 1 aliphatic heterocycles. The Morgan fingerprint density at radius 2 is 1.95 bits per heavy atom. The van der Waals surface area contributed by atoms with E-state index in [0.29, 0.717) is 0 Å². The first kappa shape index (κ1) is 25.4. The van der Waals surface area contributed by atoms with E-state index in [2.05, 4.69) is 35.8 Å². The number of benzene rings is 1. The first-order valence-electron chi connectivity index (χ1n) is 13.6. The van der Waals surface area contributed by atoms with Crippen molar-refractivity contribution in [3.63, 3.8) is 0 Å².